The van der Waals surface area contributed by atoms with Gasteiger partial charge in [-0.1, -0.05) is 36.4 Å². The largest absolute Gasteiger partial charge is 0.481 e. The third-order valence-electron chi connectivity index (χ3n) is 4.38. The van der Waals surface area contributed by atoms with E-state index in [1.165, 1.54) is 4.90 Å². The molecule has 1 aliphatic rings. The minimum absolute atomic E-state index is 0.0338. The van der Waals surface area contributed by atoms with Crippen molar-refractivity contribution in [2.24, 2.45) is 0 Å². The van der Waals surface area contributed by atoms with Gasteiger partial charge in [0.15, 0.2) is 12.4 Å². The summed E-state index contributed by atoms with van der Waals surface area (Å²) in [6.07, 6.45) is 0. The highest BCUT2D eigenvalue weighted by Gasteiger charge is 2.29. The van der Waals surface area contributed by atoms with Crippen molar-refractivity contribution in [3.63, 3.8) is 0 Å². The summed E-state index contributed by atoms with van der Waals surface area (Å²) in [5.41, 5.74) is 2.19. The number of likely N-dealkylation sites (N-methyl/N-ethyl adjacent to an activating group) is 1. The zero-order chi connectivity index (χ0) is 18.0. The number of amides is 2. The van der Waals surface area contributed by atoms with Gasteiger partial charge >= 0.3 is 0 Å². The number of carbonyl (C=O) groups is 2. The predicted molar refractivity (Wildman–Crippen MR) is 96.8 cm³/mol. The van der Waals surface area contributed by atoms with Gasteiger partial charge in [-0.3, -0.25) is 9.59 Å². The fourth-order valence-corrected chi connectivity index (χ4v) is 2.90. The van der Waals surface area contributed by atoms with Crippen LogP contribution in [0.5, 0.6) is 5.75 Å². The SMILES string of the molecule is CC(C)N(Cc1ccccc1)C(=O)c1cccc2c1OCC(=O)N2C. The van der Waals surface area contributed by atoms with Crippen LogP contribution in [0.2, 0.25) is 0 Å². The molecule has 0 aliphatic carbocycles. The quantitative estimate of drug-likeness (QED) is 0.861. The Morgan fingerprint density at radius 1 is 1.16 bits per heavy atom. The lowest BCUT2D eigenvalue weighted by Crippen LogP contribution is -2.39. The molecule has 25 heavy (non-hydrogen) atoms. The van der Waals surface area contributed by atoms with E-state index in [0.717, 1.165) is 5.56 Å². The second-order valence-corrected chi connectivity index (χ2v) is 6.41. The maximum absolute atomic E-state index is 13.2. The van der Waals surface area contributed by atoms with Gasteiger partial charge in [0.1, 0.15) is 0 Å². The molecule has 2 aromatic carbocycles. The Morgan fingerprint density at radius 3 is 2.56 bits per heavy atom. The van der Waals surface area contributed by atoms with E-state index in [-0.39, 0.29) is 24.5 Å². The number of fused-ring (bicyclic) bond motifs is 1. The van der Waals surface area contributed by atoms with E-state index < -0.39 is 0 Å². The molecule has 5 nitrogen and oxygen atoms in total. The Bertz CT molecular complexity index is 787. The van der Waals surface area contributed by atoms with E-state index in [0.29, 0.717) is 23.5 Å². The average molecular weight is 338 g/mol. The van der Waals surface area contributed by atoms with Crippen LogP contribution in [0.25, 0.3) is 0 Å². The molecule has 0 saturated heterocycles. The molecule has 0 atom stereocenters. The minimum atomic E-state index is -0.123. The standard InChI is InChI=1S/C20H22N2O3/c1-14(2)22(12-15-8-5-4-6-9-15)20(24)16-10-7-11-17-19(16)25-13-18(23)21(17)3/h4-11,14H,12-13H2,1-3H3. The lowest BCUT2D eigenvalue weighted by Gasteiger charge is -2.31. The molecule has 0 radical (unpaired) electrons. The van der Waals surface area contributed by atoms with Gasteiger partial charge in [0.2, 0.25) is 0 Å². The van der Waals surface area contributed by atoms with Crippen molar-refractivity contribution in [1.29, 1.82) is 0 Å². The zero-order valence-electron chi connectivity index (χ0n) is 14.7. The van der Waals surface area contributed by atoms with Crippen molar-refractivity contribution < 1.29 is 14.3 Å². The summed E-state index contributed by atoms with van der Waals surface area (Å²) in [5, 5.41) is 0. The van der Waals surface area contributed by atoms with Crippen molar-refractivity contribution >= 4 is 17.5 Å². The number of nitrogens with zero attached hydrogens (tertiary/aromatic N) is 2. The molecule has 0 spiro atoms. The molecule has 0 bridgehead atoms. The molecule has 2 amide bonds. The molecule has 0 aromatic heterocycles. The van der Waals surface area contributed by atoms with Crippen molar-refractivity contribution in [3.8, 4) is 5.75 Å². The third-order valence-corrected chi connectivity index (χ3v) is 4.38. The minimum Gasteiger partial charge on any atom is -0.481 e. The normalized spacial score (nSPS) is 13.4. The number of ether oxygens (including phenoxy) is 1. The van der Waals surface area contributed by atoms with Gasteiger partial charge in [0.05, 0.1) is 11.3 Å². The summed E-state index contributed by atoms with van der Waals surface area (Å²) < 4.78 is 5.60. The van der Waals surface area contributed by atoms with E-state index in [4.69, 9.17) is 4.74 Å². The first-order valence-corrected chi connectivity index (χ1v) is 8.36. The summed E-state index contributed by atoms with van der Waals surface area (Å²) in [7, 11) is 1.70. The zero-order valence-corrected chi connectivity index (χ0v) is 14.7. The van der Waals surface area contributed by atoms with Gasteiger partial charge in [-0.25, -0.2) is 0 Å². The Kier molecular flexibility index (Phi) is 4.74. The number of carbonyl (C=O) groups excluding carboxylic acids is 2. The van der Waals surface area contributed by atoms with E-state index in [1.807, 2.05) is 49.1 Å². The monoisotopic (exact) mass is 338 g/mol. The van der Waals surface area contributed by atoms with Crippen molar-refractivity contribution in [2.45, 2.75) is 26.4 Å². The number of para-hydroxylation sites is 1. The fraction of sp³-hybridized carbons (Fsp3) is 0.300. The molecule has 1 aliphatic heterocycles. The van der Waals surface area contributed by atoms with Crippen LogP contribution >= 0.6 is 0 Å². The average Bonchev–Trinajstić information content (AvgIpc) is 2.62. The summed E-state index contributed by atoms with van der Waals surface area (Å²) >= 11 is 0. The Morgan fingerprint density at radius 2 is 1.88 bits per heavy atom. The first kappa shape index (κ1) is 17.0. The van der Waals surface area contributed by atoms with Crippen molar-refractivity contribution in [3.05, 3.63) is 59.7 Å². The number of anilines is 1. The highest BCUT2D eigenvalue weighted by Crippen LogP contribution is 2.35. The second-order valence-electron chi connectivity index (χ2n) is 6.41. The molecule has 0 saturated carbocycles. The molecule has 0 N–H and O–H groups in total. The Hall–Kier alpha value is -2.82. The lowest BCUT2D eigenvalue weighted by molar-refractivity contribution is -0.121. The predicted octanol–water partition coefficient (Wildman–Crippen LogP) is 3.09. The van der Waals surface area contributed by atoms with Crippen LogP contribution in [0.4, 0.5) is 5.69 Å². The van der Waals surface area contributed by atoms with Crippen molar-refractivity contribution in [2.75, 3.05) is 18.6 Å². The molecule has 2 aromatic rings. The summed E-state index contributed by atoms with van der Waals surface area (Å²) in [6, 6.07) is 15.3. The molecular weight excluding hydrogens is 316 g/mol. The number of hydrogen-bond acceptors (Lipinski definition) is 3. The van der Waals surface area contributed by atoms with Crippen molar-refractivity contribution in [1.82, 2.24) is 4.90 Å². The first-order valence-electron chi connectivity index (χ1n) is 8.36. The highest BCUT2D eigenvalue weighted by atomic mass is 16.5. The van der Waals surface area contributed by atoms with Crippen LogP contribution in [-0.2, 0) is 11.3 Å². The fourth-order valence-electron chi connectivity index (χ4n) is 2.90. The van der Waals surface area contributed by atoms with Crippen LogP contribution in [0, 0.1) is 0 Å². The van der Waals surface area contributed by atoms with E-state index >= 15 is 0 Å². The number of rotatable bonds is 4. The van der Waals surface area contributed by atoms with Gasteiger partial charge in [0, 0.05) is 19.6 Å². The topological polar surface area (TPSA) is 49.9 Å². The van der Waals surface area contributed by atoms with E-state index in [9.17, 15) is 9.59 Å². The molecule has 3 rings (SSSR count). The molecule has 0 fully saturated rings. The van der Waals surface area contributed by atoms with Gasteiger partial charge in [-0.05, 0) is 31.5 Å². The van der Waals surface area contributed by atoms with Gasteiger partial charge < -0.3 is 14.5 Å². The number of hydrogen-bond donors (Lipinski definition) is 0. The molecule has 130 valence electrons. The summed E-state index contributed by atoms with van der Waals surface area (Å²) in [4.78, 5) is 28.4. The molecule has 5 heteroatoms. The smallest absolute Gasteiger partial charge is 0.264 e. The molecular formula is C20H22N2O3. The third kappa shape index (κ3) is 3.36. The Balaban J connectivity index is 1.95. The maximum Gasteiger partial charge on any atom is 0.264 e. The van der Waals surface area contributed by atoms with Gasteiger partial charge in [0.25, 0.3) is 11.8 Å². The summed E-state index contributed by atoms with van der Waals surface area (Å²) in [6.45, 7) is 4.46. The number of benzene rings is 2. The van der Waals surface area contributed by atoms with Crippen LogP contribution in [0.15, 0.2) is 48.5 Å². The van der Waals surface area contributed by atoms with Crippen LogP contribution in [0.3, 0.4) is 0 Å². The second kappa shape index (κ2) is 6.97. The van der Waals surface area contributed by atoms with Gasteiger partial charge in [-0.15, -0.1) is 0 Å². The van der Waals surface area contributed by atoms with E-state index in [2.05, 4.69) is 0 Å². The Labute approximate surface area is 147 Å². The first-order chi connectivity index (χ1) is 12.0. The lowest BCUT2D eigenvalue weighted by atomic mass is 10.1. The summed E-state index contributed by atoms with van der Waals surface area (Å²) in [5.74, 6) is 0.258. The molecule has 0 unspecified atom stereocenters. The van der Waals surface area contributed by atoms with Crippen LogP contribution in [0.1, 0.15) is 29.8 Å². The maximum atomic E-state index is 13.2. The van der Waals surface area contributed by atoms with Crippen LogP contribution < -0.4 is 9.64 Å². The van der Waals surface area contributed by atoms with Crippen LogP contribution in [-0.4, -0.2) is 36.4 Å². The highest BCUT2D eigenvalue weighted by molar-refractivity contribution is 6.04. The van der Waals surface area contributed by atoms with E-state index in [1.54, 1.807) is 25.2 Å². The molecule has 1 heterocycles. The van der Waals surface area contributed by atoms with Gasteiger partial charge in [-0.2, -0.15) is 0 Å².